The minimum Gasteiger partial charge on any atom is -0.487 e. The van der Waals surface area contributed by atoms with Crippen molar-refractivity contribution in [3.63, 3.8) is 0 Å². The molecule has 0 spiro atoms. The molecule has 35 heavy (non-hydrogen) atoms. The molecule has 2 aromatic carbocycles. The Morgan fingerprint density at radius 2 is 1.74 bits per heavy atom. The van der Waals surface area contributed by atoms with Gasteiger partial charge in [0.25, 0.3) is 5.89 Å². The third kappa shape index (κ3) is 3.99. The molecular formula is C28H25F2N3O2. The minimum absolute atomic E-state index is 0.0631. The highest BCUT2D eigenvalue weighted by Gasteiger charge is 2.52. The van der Waals surface area contributed by atoms with Crippen molar-refractivity contribution in [2.24, 2.45) is 11.8 Å². The average molecular weight is 474 g/mol. The van der Waals surface area contributed by atoms with E-state index >= 15 is 0 Å². The monoisotopic (exact) mass is 473 g/mol. The van der Waals surface area contributed by atoms with Gasteiger partial charge < -0.3 is 9.26 Å². The zero-order chi connectivity index (χ0) is 23.8. The van der Waals surface area contributed by atoms with E-state index in [1.54, 1.807) is 6.20 Å². The maximum absolute atomic E-state index is 12.8. The fourth-order valence-corrected chi connectivity index (χ4v) is 6.05. The summed E-state index contributed by atoms with van der Waals surface area (Å²) in [6.45, 7) is 0.431. The number of aromatic nitrogens is 3. The number of benzene rings is 2. The van der Waals surface area contributed by atoms with E-state index < -0.39 is 12.3 Å². The fraction of sp³-hybridized carbons (Fsp3) is 0.321. The lowest BCUT2D eigenvalue weighted by atomic mass is 9.64. The van der Waals surface area contributed by atoms with E-state index in [9.17, 15) is 8.78 Å². The highest BCUT2D eigenvalue weighted by atomic mass is 19.3. The molecule has 0 aliphatic heterocycles. The van der Waals surface area contributed by atoms with E-state index in [1.165, 1.54) is 30.4 Å². The second-order valence-electron chi connectivity index (χ2n) is 9.52. The molecule has 4 aromatic rings. The van der Waals surface area contributed by atoms with Crippen LogP contribution in [0.4, 0.5) is 8.78 Å². The number of rotatable bonds is 7. The van der Waals surface area contributed by atoms with E-state index in [0.717, 1.165) is 23.8 Å². The van der Waals surface area contributed by atoms with Gasteiger partial charge in [-0.15, -0.1) is 0 Å². The van der Waals surface area contributed by atoms with Crippen molar-refractivity contribution < 1.29 is 18.0 Å². The van der Waals surface area contributed by atoms with E-state index in [1.807, 2.05) is 42.5 Å². The van der Waals surface area contributed by atoms with Crippen molar-refractivity contribution in [1.29, 1.82) is 0 Å². The van der Waals surface area contributed by atoms with Crippen LogP contribution in [0, 0.1) is 11.8 Å². The standard InChI is InChI=1S/C28H25F2N3O2/c29-25(30)27-32-26(33-35-27)19-5-8-20(9-6-19)28(16-18-4-7-22(28)15-18)21-10-12-24(13-11-21)34-17-23-3-1-2-14-31-23/h1-3,5-6,8-14,18,22,25H,4,7,15-17H2/t18-,22+,28+/m1/s1. The van der Waals surface area contributed by atoms with Crippen molar-refractivity contribution in [1.82, 2.24) is 15.1 Å². The molecule has 2 aromatic heterocycles. The number of halogens is 2. The van der Waals surface area contributed by atoms with Gasteiger partial charge in [0.15, 0.2) is 0 Å². The van der Waals surface area contributed by atoms with Crippen LogP contribution in [-0.4, -0.2) is 15.1 Å². The van der Waals surface area contributed by atoms with Gasteiger partial charge in [-0.2, -0.15) is 13.8 Å². The summed E-state index contributed by atoms with van der Waals surface area (Å²) in [6.07, 6.45) is 3.85. The molecule has 5 nitrogen and oxygen atoms in total. The van der Waals surface area contributed by atoms with Crippen LogP contribution in [0.15, 0.2) is 77.4 Å². The van der Waals surface area contributed by atoms with E-state index in [-0.39, 0.29) is 11.2 Å². The quantitative estimate of drug-likeness (QED) is 0.297. The maximum atomic E-state index is 12.8. The van der Waals surface area contributed by atoms with Crippen LogP contribution in [0.1, 0.15) is 54.8 Å². The predicted octanol–water partition coefficient (Wildman–Crippen LogP) is 6.75. The molecule has 2 saturated carbocycles. The number of alkyl halides is 2. The first kappa shape index (κ1) is 21.9. The molecule has 0 unspecified atom stereocenters. The van der Waals surface area contributed by atoms with Gasteiger partial charge in [0.2, 0.25) is 5.82 Å². The highest BCUT2D eigenvalue weighted by Crippen LogP contribution is 2.60. The van der Waals surface area contributed by atoms with Crippen LogP contribution in [0.3, 0.4) is 0 Å². The van der Waals surface area contributed by atoms with Gasteiger partial charge in [-0.05, 0) is 66.5 Å². The summed E-state index contributed by atoms with van der Waals surface area (Å²) < 4.78 is 36.3. The van der Waals surface area contributed by atoms with Crippen molar-refractivity contribution in [2.75, 3.05) is 0 Å². The predicted molar refractivity (Wildman–Crippen MR) is 126 cm³/mol. The number of hydrogen-bond acceptors (Lipinski definition) is 5. The Morgan fingerprint density at radius 1 is 0.971 bits per heavy atom. The van der Waals surface area contributed by atoms with Crippen LogP contribution < -0.4 is 4.74 Å². The second-order valence-corrected chi connectivity index (χ2v) is 9.52. The Labute approximate surface area is 202 Å². The summed E-state index contributed by atoms with van der Waals surface area (Å²) >= 11 is 0. The fourth-order valence-electron chi connectivity index (χ4n) is 6.05. The lowest BCUT2D eigenvalue weighted by Crippen LogP contribution is -2.34. The Hall–Kier alpha value is -3.61. The number of fused-ring (bicyclic) bond motifs is 2. The second kappa shape index (κ2) is 8.87. The van der Waals surface area contributed by atoms with E-state index in [2.05, 4.69) is 43.9 Å². The minimum atomic E-state index is -2.77. The average Bonchev–Trinajstić information content (AvgIpc) is 3.66. The zero-order valence-corrected chi connectivity index (χ0v) is 19.1. The molecule has 2 bridgehead atoms. The van der Waals surface area contributed by atoms with Crippen LogP contribution in [0.5, 0.6) is 5.75 Å². The summed E-state index contributed by atoms with van der Waals surface area (Å²) in [4.78, 5) is 8.14. The topological polar surface area (TPSA) is 61.0 Å². The Morgan fingerprint density at radius 3 is 2.34 bits per heavy atom. The first-order valence-electron chi connectivity index (χ1n) is 12.0. The van der Waals surface area contributed by atoms with E-state index in [4.69, 9.17) is 4.74 Å². The molecule has 0 saturated heterocycles. The SMILES string of the molecule is FC(F)c1nc(-c2ccc([C@]3(c4ccc(OCc5ccccn5)cc4)C[C@@H]4CC[C@H]3C4)cc2)no1. The highest BCUT2D eigenvalue weighted by molar-refractivity contribution is 5.57. The van der Waals surface area contributed by atoms with Crippen molar-refractivity contribution in [3.05, 3.63) is 95.6 Å². The van der Waals surface area contributed by atoms with Crippen molar-refractivity contribution in [3.8, 4) is 17.1 Å². The molecule has 2 fully saturated rings. The van der Waals surface area contributed by atoms with Crippen LogP contribution in [0.2, 0.25) is 0 Å². The van der Waals surface area contributed by atoms with Gasteiger partial charge in [0.05, 0.1) is 5.69 Å². The lowest BCUT2D eigenvalue weighted by Gasteiger charge is -2.39. The molecule has 2 aliphatic carbocycles. The summed E-state index contributed by atoms with van der Waals surface area (Å²) in [7, 11) is 0. The van der Waals surface area contributed by atoms with E-state index in [0.29, 0.717) is 18.1 Å². The molecule has 2 heterocycles. The number of nitrogens with zero attached hydrogens (tertiary/aromatic N) is 3. The molecule has 0 radical (unpaired) electrons. The Kier molecular flexibility index (Phi) is 5.55. The molecule has 2 aliphatic rings. The number of pyridine rings is 1. The Balaban J connectivity index is 1.27. The van der Waals surface area contributed by atoms with Gasteiger partial charge in [0, 0.05) is 17.2 Å². The molecule has 3 atom stereocenters. The molecule has 6 rings (SSSR count). The summed E-state index contributed by atoms with van der Waals surface area (Å²) in [5.41, 5.74) is 4.03. The maximum Gasteiger partial charge on any atom is 0.315 e. The molecule has 178 valence electrons. The largest absolute Gasteiger partial charge is 0.487 e. The van der Waals surface area contributed by atoms with Gasteiger partial charge in [-0.25, -0.2) is 0 Å². The molecule has 0 amide bonds. The van der Waals surface area contributed by atoms with Gasteiger partial charge in [-0.1, -0.05) is 54.0 Å². The first-order chi connectivity index (χ1) is 17.1. The molecular weight excluding hydrogens is 448 g/mol. The third-order valence-corrected chi connectivity index (χ3v) is 7.62. The van der Waals surface area contributed by atoms with Gasteiger partial charge in [-0.3, -0.25) is 4.98 Å². The zero-order valence-electron chi connectivity index (χ0n) is 19.1. The van der Waals surface area contributed by atoms with Crippen molar-refractivity contribution in [2.45, 2.75) is 44.1 Å². The van der Waals surface area contributed by atoms with Gasteiger partial charge >= 0.3 is 6.43 Å². The Bertz CT molecular complexity index is 1290. The van der Waals surface area contributed by atoms with Crippen LogP contribution >= 0.6 is 0 Å². The summed E-state index contributed by atoms with van der Waals surface area (Å²) in [5.74, 6) is 1.65. The lowest BCUT2D eigenvalue weighted by molar-refractivity contribution is 0.106. The summed E-state index contributed by atoms with van der Waals surface area (Å²) in [5, 5.41) is 3.71. The number of ether oxygens (including phenoxy) is 1. The van der Waals surface area contributed by atoms with Gasteiger partial charge in [0.1, 0.15) is 12.4 Å². The molecule has 0 N–H and O–H groups in total. The third-order valence-electron chi connectivity index (χ3n) is 7.62. The van der Waals surface area contributed by atoms with Crippen molar-refractivity contribution >= 4 is 0 Å². The smallest absolute Gasteiger partial charge is 0.315 e. The summed E-state index contributed by atoms with van der Waals surface area (Å²) in [6, 6.07) is 22.3. The molecule has 7 heteroatoms. The first-order valence-corrected chi connectivity index (χ1v) is 12.0. The number of hydrogen-bond donors (Lipinski definition) is 0. The normalized spacial score (nSPS) is 23.2. The van der Waals surface area contributed by atoms with Crippen LogP contribution in [0.25, 0.3) is 11.4 Å². The van der Waals surface area contributed by atoms with Crippen LogP contribution in [-0.2, 0) is 12.0 Å².